The molecule has 0 unspecified atom stereocenters. The summed E-state index contributed by atoms with van der Waals surface area (Å²) in [5, 5.41) is 3.74. The summed E-state index contributed by atoms with van der Waals surface area (Å²) in [5.74, 6) is -2.46. The lowest BCUT2D eigenvalue weighted by Crippen LogP contribution is -2.13. The van der Waals surface area contributed by atoms with Crippen LogP contribution in [0.25, 0.3) is 0 Å². The number of carbonyl (C=O) groups excluding carboxylic acids is 1. The fourth-order valence-corrected chi connectivity index (χ4v) is 1.60. The van der Waals surface area contributed by atoms with Crippen LogP contribution in [0.5, 0.6) is 0 Å². The van der Waals surface area contributed by atoms with Crippen LogP contribution in [-0.2, 0) is 13.2 Å². The van der Waals surface area contributed by atoms with Gasteiger partial charge in [-0.2, -0.15) is 18.3 Å². The van der Waals surface area contributed by atoms with Crippen LogP contribution in [0.2, 0.25) is 0 Å². The molecule has 0 saturated heterocycles. The fraction of sp³-hybridized carbons (Fsp3) is 0.167. The average Bonchev–Trinajstić information content (AvgIpc) is 2.74. The quantitative estimate of drug-likeness (QED) is 0.622. The third kappa shape index (κ3) is 2.49. The van der Waals surface area contributed by atoms with Crippen molar-refractivity contribution in [2.45, 2.75) is 6.18 Å². The van der Waals surface area contributed by atoms with Crippen molar-refractivity contribution < 1.29 is 22.4 Å². The Balaban J connectivity index is 2.49. The first-order chi connectivity index (χ1) is 8.80. The van der Waals surface area contributed by atoms with Gasteiger partial charge in [-0.25, -0.2) is 4.39 Å². The minimum atomic E-state index is -4.84. The topological polar surface area (TPSA) is 34.9 Å². The van der Waals surface area contributed by atoms with Gasteiger partial charge in [0.15, 0.2) is 0 Å². The summed E-state index contributed by atoms with van der Waals surface area (Å²) in [6, 6.07) is 3.89. The normalized spacial score (nSPS) is 11.6. The summed E-state index contributed by atoms with van der Waals surface area (Å²) in [4.78, 5) is 11.9. The third-order valence-electron chi connectivity index (χ3n) is 2.49. The Morgan fingerprint density at radius 1 is 1.26 bits per heavy atom. The highest BCUT2D eigenvalue weighted by molar-refractivity contribution is 6.07. The molecule has 0 atom stereocenters. The Bertz CT molecular complexity index is 631. The Morgan fingerprint density at radius 2 is 1.95 bits per heavy atom. The predicted octanol–water partition coefficient (Wildman–Crippen LogP) is 2.81. The monoisotopic (exact) mass is 272 g/mol. The summed E-state index contributed by atoms with van der Waals surface area (Å²) in [6.45, 7) is 0. The van der Waals surface area contributed by atoms with Crippen LogP contribution in [0.15, 0.2) is 30.5 Å². The molecule has 0 saturated carbocycles. The highest BCUT2D eigenvalue weighted by Crippen LogP contribution is 2.32. The van der Waals surface area contributed by atoms with E-state index < -0.39 is 28.9 Å². The minimum Gasteiger partial charge on any atom is -0.287 e. The van der Waals surface area contributed by atoms with Gasteiger partial charge in [0, 0.05) is 13.2 Å². The van der Waals surface area contributed by atoms with Gasteiger partial charge in [0.1, 0.15) is 11.5 Å². The molecule has 1 heterocycles. The standard InChI is InChI=1S/C12H8F4N2O/c1-18-6-5-9(17-18)11(19)7-3-2-4-8(10(7)13)12(14,15)16/h2-6H,1H3. The van der Waals surface area contributed by atoms with E-state index in [4.69, 9.17) is 0 Å². The molecule has 0 aliphatic rings. The van der Waals surface area contributed by atoms with Crippen molar-refractivity contribution >= 4 is 5.78 Å². The van der Waals surface area contributed by atoms with Crippen LogP contribution in [0.1, 0.15) is 21.6 Å². The van der Waals surface area contributed by atoms with Crippen LogP contribution in [0, 0.1) is 5.82 Å². The number of halogens is 4. The number of rotatable bonds is 2. The van der Waals surface area contributed by atoms with Gasteiger partial charge in [-0.15, -0.1) is 0 Å². The number of aryl methyl sites for hydroxylation is 1. The molecule has 2 aromatic rings. The Kier molecular flexibility index (Phi) is 3.13. The van der Waals surface area contributed by atoms with Crippen molar-refractivity contribution in [1.82, 2.24) is 9.78 Å². The Morgan fingerprint density at radius 3 is 2.47 bits per heavy atom. The number of alkyl halides is 3. The van der Waals surface area contributed by atoms with Crippen molar-refractivity contribution in [1.29, 1.82) is 0 Å². The third-order valence-corrected chi connectivity index (χ3v) is 2.49. The Labute approximate surface area is 105 Å². The van der Waals surface area contributed by atoms with E-state index in [0.717, 1.165) is 12.1 Å². The number of ketones is 1. The Hall–Kier alpha value is -2.18. The molecule has 1 aromatic carbocycles. The first-order valence-corrected chi connectivity index (χ1v) is 5.21. The summed E-state index contributed by atoms with van der Waals surface area (Å²) < 4.78 is 52.6. The van der Waals surface area contributed by atoms with E-state index in [-0.39, 0.29) is 5.69 Å². The first-order valence-electron chi connectivity index (χ1n) is 5.21. The molecular weight excluding hydrogens is 264 g/mol. The fourth-order valence-electron chi connectivity index (χ4n) is 1.60. The number of benzene rings is 1. The van der Waals surface area contributed by atoms with E-state index in [1.54, 1.807) is 7.05 Å². The maximum atomic E-state index is 13.7. The molecule has 0 fully saturated rings. The van der Waals surface area contributed by atoms with E-state index in [9.17, 15) is 22.4 Å². The van der Waals surface area contributed by atoms with Gasteiger partial charge < -0.3 is 0 Å². The van der Waals surface area contributed by atoms with Crippen molar-refractivity contribution in [3.8, 4) is 0 Å². The summed E-state index contributed by atoms with van der Waals surface area (Å²) in [6.07, 6.45) is -3.40. The molecule has 7 heteroatoms. The number of aromatic nitrogens is 2. The lowest BCUT2D eigenvalue weighted by Gasteiger charge is -2.09. The van der Waals surface area contributed by atoms with E-state index in [1.807, 2.05) is 0 Å². The molecule has 0 radical (unpaired) electrons. The second kappa shape index (κ2) is 4.49. The average molecular weight is 272 g/mol. The zero-order valence-corrected chi connectivity index (χ0v) is 9.70. The predicted molar refractivity (Wildman–Crippen MR) is 58.0 cm³/mol. The van der Waals surface area contributed by atoms with Gasteiger partial charge in [0.25, 0.3) is 0 Å². The van der Waals surface area contributed by atoms with Gasteiger partial charge in [-0.3, -0.25) is 9.48 Å². The summed E-state index contributed by atoms with van der Waals surface area (Å²) in [5.41, 5.74) is -2.22. The number of carbonyl (C=O) groups is 1. The van der Waals surface area contributed by atoms with Gasteiger partial charge >= 0.3 is 6.18 Å². The molecule has 3 nitrogen and oxygen atoms in total. The molecular formula is C12H8F4N2O. The maximum absolute atomic E-state index is 13.7. The molecule has 0 aliphatic heterocycles. The van der Waals surface area contributed by atoms with Gasteiger partial charge in [0.2, 0.25) is 5.78 Å². The van der Waals surface area contributed by atoms with Crippen LogP contribution < -0.4 is 0 Å². The van der Waals surface area contributed by atoms with Gasteiger partial charge in [-0.1, -0.05) is 6.07 Å². The lowest BCUT2D eigenvalue weighted by molar-refractivity contribution is -0.140. The van der Waals surface area contributed by atoms with E-state index in [2.05, 4.69) is 5.10 Å². The number of hydrogen-bond donors (Lipinski definition) is 0. The van der Waals surface area contributed by atoms with Gasteiger partial charge in [0.05, 0.1) is 11.1 Å². The summed E-state index contributed by atoms with van der Waals surface area (Å²) in [7, 11) is 1.54. The second-order valence-electron chi connectivity index (χ2n) is 3.87. The smallest absolute Gasteiger partial charge is 0.287 e. The molecule has 100 valence electrons. The number of nitrogens with zero attached hydrogens (tertiary/aromatic N) is 2. The lowest BCUT2D eigenvalue weighted by atomic mass is 10.0. The SMILES string of the molecule is Cn1ccc(C(=O)c2cccc(C(F)(F)F)c2F)n1. The van der Waals surface area contributed by atoms with E-state index >= 15 is 0 Å². The van der Waals surface area contributed by atoms with Crippen molar-refractivity contribution in [3.63, 3.8) is 0 Å². The zero-order chi connectivity index (χ0) is 14.2. The maximum Gasteiger partial charge on any atom is 0.419 e. The molecule has 0 amide bonds. The van der Waals surface area contributed by atoms with Gasteiger partial charge in [-0.05, 0) is 18.2 Å². The van der Waals surface area contributed by atoms with Crippen molar-refractivity contribution in [2.24, 2.45) is 7.05 Å². The van der Waals surface area contributed by atoms with E-state index in [0.29, 0.717) is 6.07 Å². The molecule has 0 spiro atoms. The second-order valence-corrected chi connectivity index (χ2v) is 3.87. The molecule has 2 rings (SSSR count). The molecule has 1 aromatic heterocycles. The highest BCUT2D eigenvalue weighted by Gasteiger charge is 2.35. The molecule has 0 bridgehead atoms. The first kappa shape index (κ1) is 13.3. The highest BCUT2D eigenvalue weighted by atomic mass is 19.4. The zero-order valence-electron chi connectivity index (χ0n) is 9.70. The van der Waals surface area contributed by atoms with Crippen molar-refractivity contribution in [2.75, 3.05) is 0 Å². The van der Waals surface area contributed by atoms with Crippen molar-refractivity contribution in [3.05, 3.63) is 53.1 Å². The number of hydrogen-bond acceptors (Lipinski definition) is 2. The summed E-state index contributed by atoms with van der Waals surface area (Å²) >= 11 is 0. The molecule has 0 aliphatic carbocycles. The molecule has 0 N–H and O–H groups in total. The van der Waals surface area contributed by atoms with Crippen LogP contribution >= 0.6 is 0 Å². The molecule has 19 heavy (non-hydrogen) atoms. The van der Waals surface area contributed by atoms with Crippen LogP contribution in [0.4, 0.5) is 17.6 Å². The van der Waals surface area contributed by atoms with E-state index in [1.165, 1.54) is 16.9 Å². The van der Waals surface area contributed by atoms with Crippen LogP contribution in [0.3, 0.4) is 0 Å². The largest absolute Gasteiger partial charge is 0.419 e. The van der Waals surface area contributed by atoms with Crippen LogP contribution in [-0.4, -0.2) is 15.6 Å². The minimum absolute atomic E-state index is 0.110.